The molecule has 0 atom stereocenters. The predicted octanol–water partition coefficient (Wildman–Crippen LogP) is 4.37. The van der Waals surface area contributed by atoms with Gasteiger partial charge in [-0.1, -0.05) is 0 Å². The number of nitriles is 1. The third-order valence-corrected chi connectivity index (χ3v) is 4.81. The lowest BCUT2D eigenvalue weighted by atomic mass is 10.1. The first-order valence-corrected chi connectivity index (χ1v) is 8.88. The molecular formula is C21H19FN4O. The van der Waals surface area contributed by atoms with Crippen LogP contribution in [0.5, 0.6) is 5.75 Å². The quantitative estimate of drug-likeness (QED) is 0.700. The van der Waals surface area contributed by atoms with Crippen molar-refractivity contribution in [2.75, 3.05) is 25.1 Å². The van der Waals surface area contributed by atoms with Crippen LogP contribution in [-0.2, 0) is 0 Å². The number of rotatable bonds is 4. The second-order valence-electron chi connectivity index (χ2n) is 6.54. The fraction of sp³-hybridized carbons (Fsp3) is 0.238. The minimum Gasteiger partial charge on any atom is -0.496 e. The first kappa shape index (κ1) is 17.1. The Bertz CT molecular complexity index is 1060. The van der Waals surface area contributed by atoms with Crippen LogP contribution in [-0.4, -0.2) is 30.2 Å². The number of hydrogen-bond donors (Lipinski definition) is 1. The lowest BCUT2D eigenvalue weighted by Gasteiger charge is -2.19. The molecule has 1 aliphatic heterocycles. The Labute approximate surface area is 156 Å². The summed E-state index contributed by atoms with van der Waals surface area (Å²) in [6.07, 6.45) is 4.14. The minimum atomic E-state index is -0.348. The summed E-state index contributed by atoms with van der Waals surface area (Å²) in [6.45, 7) is 2.11. The Kier molecular flexibility index (Phi) is 4.51. The zero-order valence-corrected chi connectivity index (χ0v) is 15.0. The number of fused-ring (bicyclic) bond motifs is 1. The number of benzene rings is 2. The number of hydrogen-bond acceptors (Lipinski definition) is 4. The molecule has 1 N–H and O–H groups in total. The number of ether oxygens (including phenoxy) is 1. The van der Waals surface area contributed by atoms with Crippen molar-refractivity contribution >= 4 is 28.4 Å². The Morgan fingerprint density at radius 2 is 2.07 bits per heavy atom. The first-order valence-electron chi connectivity index (χ1n) is 8.88. The van der Waals surface area contributed by atoms with Crippen LogP contribution in [0.15, 0.2) is 36.4 Å². The normalized spacial score (nSPS) is 14.6. The predicted molar refractivity (Wildman–Crippen MR) is 104 cm³/mol. The van der Waals surface area contributed by atoms with Gasteiger partial charge in [0.15, 0.2) is 0 Å². The van der Waals surface area contributed by atoms with Gasteiger partial charge in [-0.3, -0.25) is 0 Å². The molecule has 136 valence electrons. The van der Waals surface area contributed by atoms with E-state index in [0.29, 0.717) is 28.2 Å². The van der Waals surface area contributed by atoms with Gasteiger partial charge in [-0.25, -0.2) is 9.37 Å². The number of methoxy groups -OCH3 is 1. The second-order valence-corrected chi connectivity index (χ2v) is 6.54. The molecule has 0 unspecified atom stereocenters. The average molecular weight is 362 g/mol. The molecule has 0 spiro atoms. The van der Waals surface area contributed by atoms with Crippen molar-refractivity contribution in [3.05, 3.63) is 53.6 Å². The number of aromatic amines is 1. The highest BCUT2D eigenvalue weighted by molar-refractivity contribution is 5.91. The van der Waals surface area contributed by atoms with E-state index in [0.717, 1.165) is 24.3 Å². The third kappa shape index (κ3) is 3.36. The second kappa shape index (κ2) is 7.12. The van der Waals surface area contributed by atoms with Crippen LogP contribution in [0.1, 0.15) is 24.2 Å². The number of aromatic nitrogens is 2. The maximum atomic E-state index is 13.4. The van der Waals surface area contributed by atoms with E-state index < -0.39 is 0 Å². The SMILES string of the molecule is COc1cc(N2CCCC2)ccc1/C=C(/C#N)c1nc2ccc(F)cc2[nH]1. The summed E-state index contributed by atoms with van der Waals surface area (Å²) < 4.78 is 18.9. The summed E-state index contributed by atoms with van der Waals surface area (Å²) >= 11 is 0. The molecule has 1 fully saturated rings. The van der Waals surface area contributed by atoms with Crippen molar-refractivity contribution in [3.8, 4) is 11.8 Å². The standard InChI is InChI=1S/C21H19FN4O/c1-27-20-12-17(26-8-2-3-9-26)6-4-14(20)10-15(13-23)21-24-18-7-5-16(22)11-19(18)25-21/h4-7,10-12H,2-3,8-9H2,1H3,(H,24,25)/b15-10-. The third-order valence-electron chi connectivity index (χ3n) is 4.81. The van der Waals surface area contributed by atoms with Gasteiger partial charge in [0, 0.05) is 30.4 Å². The topological polar surface area (TPSA) is 64.9 Å². The minimum absolute atomic E-state index is 0.348. The van der Waals surface area contributed by atoms with E-state index in [2.05, 4.69) is 20.9 Å². The van der Waals surface area contributed by atoms with Crippen LogP contribution >= 0.6 is 0 Å². The van der Waals surface area contributed by atoms with Gasteiger partial charge < -0.3 is 14.6 Å². The number of nitrogens with zero attached hydrogens (tertiary/aromatic N) is 3. The highest BCUT2D eigenvalue weighted by Crippen LogP contribution is 2.30. The van der Waals surface area contributed by atoms with Crippen LogP contribution in [0, 0.1) is 17.1 Å². The van der Waals surface area contributed by atoms with Gasteiger partial charge in [0.25, 0.3) is 0 Å². The van der Waals surface area contributed by atoms with Gasteiger partial charge in [0.2, 0.25) is 0 Å². The Hall–Kier alpha value is -3.33. The highest BCUT2D eigenvalue weighted by atomic mass is 19.1. The summed E-state index contributed by atoms with van der Waals surface area (Å²) in [6, 6.07) is 12.5. The Morgan fingerprint density at radius 1 is 1.26 bits per heavy atom. The van der Waals surface area contributed by atoms with Crippen molar-refractivity contribution in [1.82, 2.24) is 9.97 Å². The zero-order valence-electron chi connectivity index (χ0n) is 15.0. The first-order chi connectivity index (χ1) is 13.2. The van der Waals surface area contributed by atoms with Crippen molar-refractivity contribution < 1.29 is 9.13 Å². The van der Waals surface area contributed by atoms with Crippen LogP contribution in [0.2, 0.25) is 0 Å². The molecule has 0 saturated carbocycles. The summed E-state index contributed by atoms with van der Waals surface area (Å²) in [4.78, 5) is 9.73. The summed E-state index contributed by atoms with van der Waals surface area (Å²) in [7, 11) is 1.62. The number of anilines is 1. The molecule has 2 heterocycles. The molecule has 1 saturated heterocycles. The molecule has 27 heavy (non-hydrogen) atoms. The summed E-state index contributed by atoms with van der Waals surface area (Å²) in [5.74, 6) is 0.762. The smallest absolute Gasteiger partial charge is 0.149 e. The van der Waals surface area contributed by atoms with Crippen molar-refractivity contribution in [1.29, 1.82) is 5.26 Å². The van der Waals surface area contributed by atoms with Gasteiger partial charge >= 0.3 is 0 Å². The number of halogens is 1. The van der Waals surface area contributed by atoms with Crippen molar-refractivity contribution in [3.63, 3.8) is 0 Å². The molecule has 3 aromatic rings. The van der Waals surface area contributed by atoms with Crippen LogP contribution < -0.4 is 9.64 Å². The molecule has 0 radical (unpaired) electrons. The molecule has 0 aliphatic carbocycles. The van der Waals surface area contributed by atoms with Crippen molar-refractivity contribution in [2.45, 2.75) is 12.8 Å². The van der Waals surface area contributed by atoms with E-state index >= 15 is 0 Å². The maximum Gasteiger partial charge on any atom is 0.149 e. The van der Waals surface area contributed by atoms with Gasteiger partial charge in [0.05, 0.1) is 23.7 Å². The zero-order chi connectivity index (χ0) is 18.8. The number of imidazole rings is 1. The monoisotopic (exact) mass is 362 g/mol. The fourth-order valence-electron chi connectivity index (χ4n) is 3.41. The molecule has 0 bridgehead atoms. The summed E-state index contributed by atoms with van der Waals surface area (Å²) in [5, 5.41) is 9.61. The van der Waals surface area contributed by atoms with E-state index in [1.807, 2.05) is 18.2 Å². The van der Waals surface area contributed by atoms with E-state index in [1.54, 1.807) is 19.3 Å². The summed E-state index contributed by atoms with van der Waals surface area (Å²) in [5.41, 5.74) is 3.45. The number of nitrogens with one attached hydrogen (secondary N) is 1. The van der Waals surface area contributed by atoms with Crippen LogP contribution in [0.25, 0.3) is 22.7 Å². The molecule has 0 amide bonds. The average Bonchev–Trinajstić information content (AvgIpc) is 3.35. The number of allylic oxidation sites excluding steroid dienone is 1. The Balaban J connectivity index is 1.72. The maximum absolute atomic E-state index is 13.4. The van der Waals surface area contributed by atoms with E-state index in [4.69, 9.17) is 4.74 Å². The van der Waals surface area contributed by atoms with Crippen LogP contribution in [0.4, 0.5) is 10.1 Å². The highest BCUT2D eigenvalue weighted by Gasteiger charge is 2.15. The van der Waals surface area contributed by atoms with Gasteiger partial charge in [-0.15, -0.1) is 0 Å². The van der Waals surface area contributed by atoms with E-state index in [9.17, 15) is 9.65 Å². The molecule has 6 heteroatoms. The number of H-pyrrole nitrogens is 1. The van der Waals surface area contributed by atoms with Crippen LogP contribution in [0.3, 0.4) is 0 Å². The molecule has 2 aromatic carbocycles. The van der Waals surface area contributed by atoms with Crippen molar-refractivity contribution in [2.24, 2.45) is 0 Å². The van der Waals surface area contributed by atoms with E-state index in [1.165, 1.54) is 25.0 Å². The fourth-order valence-corrected chi connectivity index (χ4v) is 3.41. The molecule has 4 rings (SSSR count). The Morgan fingerprint density at radius 3 is 2.81 bits per heavy atom. The largest absolute Gasteiger partial charge is 0.496 e. The lowest BCUT2D eigenvalue weighted by molar-refractivity contribution is 0.414. The van der Waals surface area contributed by atoms with Gasteiger partial charge in [-0.05, 0) is 49.2 Å². The van der Waals surface area contributed by atoms with E-state index in [-0.39, 0.29) is 5.82 Å². The lowest BCUT2D eigenvalue weighted by Crippen LogP contribution is -2.17. The molecular weight excluding hydrogens is 343 g/mol. The van der Waals surface area contributed by atoms with Gasteiger partial charge in [-0.2, -0.15) is 5.26 Å². The van der Waals surface area contributed by atoms with Gasteiger partial charge in [0.1, 0.15) is 23.5 Å². The molecule has 5 nitrogen and oxygen atoms in total. The molecule has 1 aromatic heterocycles. The molecule has 1 aliphatic rings.